The molecule has 0 rings (SSSR count). The lowest BCUT2D eigenvalue weighted by atomic mass is 10.8. The molecule has 0 fully saturated rings. The minimum atomic E-state index is -1.22. The van der Waals surface area contributed by atoms with Gasteiger partial charge in [0.1, 0.15) is 0 Å². The maximum absolute atomic E-state index is 5.50. The monoisotopic (exact) mass is 219 g/mol. The fraction of sp³-hybridized carbons (Fsp3) is 0.778. The number of rotatable bonds is 10. The van der Waals surface area contributed by atoms with Crippen LogP contribution in [0.2, 0.25) is 6.04 Å². The molecule has 5 heteroatoms. The lowest BCUT2D eigenvalue weighted by Crippen LogP contribution is -2.25. The second kappa shape index (κ2) is 10.9. The molecule has 4 nitrogen and oxygen atoms in total. The first-order valence-electron chi connectivity index (χ1n) is 4.55. The van der Waals surface area contributed by atoms with E-state index in [1.54, 1.807) is 14.2 Å². The van der Waals surface area contributed by atoms with E-state index in [0.717, 1.165) is 6.04 Å². The smallest absolute Gasteiger partial charge is 0.388 e. The zero-order chi connectivity index (χ0) is 10.6. The van der Waals surface area contributed by atoms with E-state index in [2.05, 4.69) is 6.58 Å². The number of methoxy groups -OCH3 is 2. The summed E-state index contributed by atoms with van der Waals surface area (Å²) in [5, 5.41) is 0. The van der Waals surface area contributed by atoms with Gasteiger partial charge < -0.3 is 18.3 Å². The molecule has 0 amide bonds. The van der Waals surface area contributed by atoms with Gasteiger partial charge in [-0.05, 0) is 0 Å². The van der Waals surface area contributed by atoms with E-state index in [4.69, 9.17) is 18.3 Å². The highest BCUT2D eigenvalue weighted by atomic mass is 28.3. The van der Waals surface area contributed by atoms with E-state index in [1.165, 1.54) is 0 Å². The second-order valence-electron chi connectivity index (χ2n) is 2.55. The third kappa shape index (κ3) is 8.40. The molecule has 0 aromatic rings. The van der Waals surface area contributed by atoms with Gasteiger partial charge in [-0.2, -0.15) is 0 Å². The Balaban J connectivity index is 3.49. The number of allylic oxidation sites excluding steroid dienone is 1. The first kappa shape index (κ1) is 13.8. The van der Waals surface area contributed by atoms with Crippen LogP contribution in [0.3, 0.4) is 0 Å². The molecule has 0 saturated carbocycles. The Bertz CT molecular complexity index is 122. The fourth-order valence-corrected chi connectivity index (χ4v) is 1.93. The average Bonchev–Trinajstić information content (AvgIpc) is 2.18. The minimum Gasteiger partial charge on any atom is -0.391 e. The first-order valence-corrected chi connectivity index (χ1v) is 6.07. The molecule has 1 radical (unpaired) electrons. The highest BCUT2D eigenvalue weighted by Gasteiger charge is 2.13. The molecule has 0 aromatic carbocycles. The standard InChI is InChI=1S/C9H19O4Si/c1-4-9-14(12-7-5-10-2)13-8-6-11-3/h4H,1,5-9H2,2-3H3. The molecular weight excluding hydrogens is 200 g/mol. The summed E-state index contributed by atoms with van der Waals surface area (Å²) in [7, 11) is 2.08. The van der Waals surface area contributed by atoms with Crippen LogP contribution in [0.15, 0.2) is 12.7 Å². The molecule has 0 saturated heterocycles. The summed E-state index contributed by atoms with van der Waals surface area (Å²) in [6.07, 6.45) is 1.81. The molecule has 0 aliphatic rings. The summed E-state index contributed by atoms with van der Waals surface area (Å²) in [5.41, 5.74) is 0. The average molecular weight is 219 g/mol. The Morgan fingerprint density at radius 2 is 1.50 bits per heavy atom. The van der Waals surface area contributed by atoms with Crippen molar-refractivity contribution in [3.05, 3.63) is 12.7 Å². The lowest BCUT2D eigenvalue weighted by Gasteiger charge is -2.13. The van der Waals surface area contributed by atoms with E-state index >= 15 is 0 Å². The van der Waals surface area contributed by atoms with Gasteiger partial charge in [0.25, 0.3) is 0 Å². The number of ether oxygens (including phenoxy) is 2. The van der Waals surface area contributed by atoms with Gasteiger partial charge in [0, 0.05) is 20.3 Å². The zero-order valence-corrected chi connectivity index (χ0v) is 9.95. The largest absolute Gasteiger partial charge is 0.391 e. The van der Waals surface area contributed by atoms with Gasteiger partial charge >= 0.3 is 9.28 Å². The Labute approximate surface area is 87.6 Å². The summed E-state index contributed by atoms with van der Waals surface area (Å²) in [6, 6.07) is 0.776. The number of hydrogen-bond acceptors (Lipinski definition) is 4. The van der Waals surface area contributed by atoms with Gasteiger partial charge in [-0.15, -0.1) is 6.58 Å². The quantitative estimate of drug-likeness (QED) is 0.312. The Morgan fingerprint density at radius 1 is 1.00 bits per heavy atom. The molecule has 14 heavy (non-hydrogen) atoms. The summed E-state index contributed by atoms with van der Waals surface area (Å²) < 4.78 is 20.8. The van der Waals surface area contributed by atoms with Crippen molar-refractivity contribution in [2.45, 2.75) is 6.04 Å². The van der Waals surface area contributed by atoms with Crippen LogP contribution in [0.4, 0.5) is 0 Å². The molecule has 0 heterocycles. The molecule has 0 N–H and O–H groups in total. The molecule has 0 unspecified atom stereocenters. The van der Waals surface area contributed by atoms with Crippen LogP contribution in [0, 0.1) is 0 Å². The first-order chi connectivity index (χ1) is 6.85. The number of hydrogen-bond donors (Lipinski definition) is 0. The second-order valence-corrected chi connectivity index (χ2v) is 4.28. The minimum absolute atomic E-state index is 0.575. The van der Waals surface area contributed by atoms with Gasteiger partial charge in [0.2, 0.25) is 0 Å². The fourth-order valence-electron chi connectivity index (χ4n) is 0.755. The van der Waals surface area contributed by atoms with Gasteiger partial charge in [-0.1, -0.05) is 6.08 Å². The van der Waals surface area contributed by atoms with Crippen LogP contribution in [0.25, 0.3) is 0 Å². The summed E-state index contributed by atoms with van der Waals surface area (Å²) in [4.78, 5) is 0. The van der Waals surface area contributed by atoms with E-state index in [-0.39, 0.29) is 0 Å². The van der Waals surface area contributed by atoms with E-state index < -0.39 is 9.28 Å². The summed E-state index contributed by atoms with van der Waals surface area (Å²) >= 11 is 0. The van der Waals surface area contributed by atoms with Crippen molar-refractivity contribution in [2.75, 3.05) is 40.6 Å². The van der Waals surface area contributed by atoms with Crippen molar-refractivity contribution in [3.63, 3.8) is 0 Å². The molecule has 0 spiro atoms. The van der Waals surface area contributed by atoms with Crippen LogP contribution in [0.1, 0.15) is 0 Å². The van der Waals surface area contributed by atoms with Gasteiger partial charge in [0.05, 0.1) is 26.4 Å². The zero-order valence-electron chi connectivity index (χ0n) is 8.95. The van der Waals surface area contributed by atoms with Crippen molar-refractivity contribution in [1.82, 2.24) is 0 Å². The Morgan fingerprint density at radius 3 is 1.86 bits per heavy atom. The van der Waals surface area contributed by atoms with Crippen molar-refractivity contribution in [3.8, 4) is 0 Å². The lowest BCUT2D eigenvalue weighted by molar-refractivity contribution is 0.101. The highest BCUT2D eigenvalue weighted by Crippen LogP contribution is 1.98. The summed E-state index contributed by atoms with van der Waals surface area (Å²) in [5.74, 6) is 0. The maximum atomic E-state index is 5.50. The molecular formula is C9H19O4Si. The van der Waals surface area contributed by atoms with Crippen LogP contribution in [-0.4, -0.2) is 49.9 Å². The van der Waals surface area contributed by atoms with Crippen molar-refractivity contribution < 1.29 is 18.3 Å². The molecule has 0 aromatic heterocycles. The molecule has 0 atom stereocenters. The maximum Gasteiger partial charge on any atom is 0.388 e. The Kier molecular flexibility index (Phi) is 10.7. The predicted molar refractivity (Wildman–Crippen MR) is 56.4 cm³/mol. The van der Waals surface area contributed by atoms with Gasteiger partial charge in [-0.3, -0.25) is 0 Å². The van der Waals surface area contributed by atoms with E-state index in [1.807, 2.05) is 6.08 Å². The van der Waals surface area contributed by atoms with E-state index in [9.17, 15) is 0 Å². The van der Waals surface area contributed by atoms with Crippen LogP contribution < -0.4 is 0 Å². The van der Waals surface area contributed by atoms with Gasteiger partial charge in [0.15, 0.2) is 0 Å². The molecule has 0 bridgehead atoms. The highest BCUT2D eigenvalue weighted by molar-refractivity contribution is 6.45. The summed E-state index contributed by atoms with van der Waals surface area (Å²) in [6.45, 7) is 6.00. The van der Waals surface area contributed by atoms with E-state index in [0.29, 0.717) is 26.4 Å². The van der Waals surface area contributed by atoms with Crippen molar-refractivity contribution in [2.24, 2.45) is 0 Å². The SMILES string of the molecule is C=CC[Si](OCCOC)OCCOC. The van der Waals surface area contributed by atoms with Crippen LogP contribution >= 0.6 is 0 Å². The normalized spacial score (nSPS) is 10.8. The molecule has 0 aliphatic carbocycles. The topological polar surface area (TPSA) is 36.9 Å². The molecule has 0 aliphatic heterocycles. The van der Waals surface area contributed by atoms with Crippen molar-refractivity contribution in [1.29, 1.82) is 0 Å². The molecule has 83 valence electrons. The predicted octanol–water partition coefficient (Wildman–Crippen LogP) is 0.987. The van der Waals surface area contributed by atoms with Crippen LogP contribution in [0.5, 0.6) is 0 Å². The third-order valence-corrected chi connectivity index (χ3v) is 3.09. The van der Waals surface area contributed by atoms with Crippen LogP contribution in [-0.2, 0) is 18.3 Å². The Hall–Kier alpha value is -0.203. The van der Waals surface area contributed by atoms with Crippen molar-refractivity contribution >= 4 is 9.28 Å². The third-order valence-electron chi connectivity index (χ3n) is 1.41. The van der Waals surface area contributed by atoms with Gasteiger partial charge in [-0.25, -0.2) is 0 Å².